The second kappa shape index (κ2) is 15.8. The van der Waals surface area contributed by atoms with Gasteiger partial charge in [-0.15, -0.1) is 0 Å². The highest BCUT2D eigenvalue weighted by molar-refractivity contribution is 6.35. The van der Waals surface area contributed by atoms with Gasteiger partial charge in [0.05, 0.1) is 49.2 Å². The zero-order chi connectivity index (χ0) is 41.5. The molecule has 9 rings (SSSR count). The van der Waals surface area contributed by atoms with Gasteiger partial charge in [-0.05, 0) is 109 Å². The summed E-state index contributed by atoms with van der Waals surface area (Å²) in [5.41, 5.74) is 5.53. The van der Waals surface area contributed by atoms with Crippen LogP contribution >= 0.6 is 23.2 Å². The van der Waals surface area contributed by atoms with Crippen LogP contribution in [0.2, 0.25) is 10.0 Å². The predicted molar refractivity (Wildman–Crippen MR) is 221 cm³/mol. The molecule has 0 amide bonds. The number of nitrogens with zero attached hydrogens (tertiary/aromatic N) is 2. The van der Waals surface area contributed by atoms with E-state index in [9.17, 15) is 28.0 Å². The van der Waals surface area contributed by atoms with Crippen molar-refractivity contribution in [2.45, 2.75) is 18.8 Å². The lowest BCUT2D eigenvalue weighted by Gasteiger charge is -2.10. The largest absolute Gasteiger partial charge is 0.478 e. The number of fused-ring (bicyclic) bond motifs is 2. The number of halogens is 4. The van der Waals surface area contributed by atoms with Gasteiger partial charge in [-0.2, -0.15) is 0 Å². The normalized spacial score (nSPS) is 12.3. The monoisotopic (exact) mass is 826 g/mol. The van der Waals surface area contributed by atoms with Crippen molar-refractivity contribution in [3.05, 3.63) is 201 Å². The first-order valence-electron chi connectivity index (χ1n) is 18.3. The van der Waals surface area contributed by atoms with Crippen LogP contribution in [-0.4, -0.2) is 42.5 Å². The fraction of sp³-hybridized carbons (Fsp3) is 0.0638. The minimum atomic E-state index is -1.20. The van der Waals surface area contributed by atoms with Gasteiger partial charge in [0, 0.05) is 34.6 Å². The molecule has 8 aromatic rings. The van der Waals surface area contributed by atoms with Gasteiger partial charge in [-0.25, -0.2) is 18.4 Å². The number of hydrogen-bond donors (Lipinski definition) is 2. The van der Waals surface area contributed by atoms with E-state index in [1.54, 1.807) is 69.7 Å². The molecule has 8 nitrogen and oxygen atoms in total. The van der Waals surface area contributed by atoms with Crippen LogP contribution in [0.1, 0.15) is 77.1 Å². The van der Waals surface area contributed by atoms with Crippen LogP contribution < -0.4 is 0 Å². The van der Waals surface area contributed by atoms with Gasteiger partial charge >= 0.3 is 11.9 Å². The first kappa shape index (κ1) is 39.0. The Morgan fingerprint density at radius 3 is 1.66 bits per heavy atom. The van der Waals surface area contributed by atoms with E-state index in [4.69, 9.17) is 33.4 Å². The molecule has 0 spiro atoms. The number of carboxylic acids is 2. The number of hydrogen-bond acceptors (Lipinski definition) is 4. The average molecular weight is 828 g/mol. The number of aromatic nitrogens is 2. The van der Waals surface area contributed by atoms with Gasteiger partial charge in [-0.3, -0.25) is 9.59 Å². The molecule has 12 heteroatoms. The van der Waals surface area contributed by atoms with Crippen molar-refractivity contribution in [3.8, 4) is 22.3 Å². The van der Waals surface area contributed by atoms with Crippen molar-refractivity contribution in [1.82, 2.24) is 8.80 Å². The quantitative estimate of drug-likeness (QED) is 0.140. The van der Waals surface area contributed by atoms with Gasteiger partial charge in [0.2, 0.25) is 11.6 Å². The lowest BCUT2D eigenvalue weighted by Crippen LogP contribution is -2.08. The van der Waals surface area contributed by atoms with E-state index in [1.165, 1.54) is 42.5 Å². The molecule has 1 aliphatic carbocycles. The Bertz CT molecular complexity index is 2980. The van der Waals surface area contributed by atoms with Crippen LogP contribution in [-0.2, 0) is 0 Å². The predicted octanol–water partition coefficient (Wildman–Crippen LogP) is 11.5. The van der Waals surface area contributed by atoms with E-state index in [0.717, 1.165) is 41.1 Å². The Hall–Kier alpha value is -6.88. The van der Waals surface area contributed by atoms with E-state index < -0.39 is 29.4 Å². The molecule has 1 aliphatic rings. The maximum Gasteiger partial charge on any atom is 0.335 e. The molecule has 59 heavy (non-hydrogen) atoms. The number of carboxylic acid groups (broad SMARTS) is 2. The van der Waals surface area contributed by atoms with Crippen LogP contribution in [0.5, 0.6) is 0 Å². The smallest absolute Gasteiger partial charge is 0.335 e. The van der Waals surface area contributed by atoms with Crippen LogP contribution in [0.4, 0.5) is 8.78 Å². The van der Waals surface area contributed by atoms with E-state index in [-0.39, 0.29) is 38.8 Å². The number of benzene rings is 4. The van der Waals surface area contributed by atoms with Crippen molar-refractivity contribution < 1.29 is 38.2 Å². The summed E-state index contributed by atoms with van der Waals surface area (Å²) in [4.78, 5) is 48.9. The van der Waals surface area contributed by atoms with Crippen LogP contribution in [0.3, 0.4) is 0 Å². The van der Waals surface area contributed by atoms with Crippen molar-refractivity contribution in [3.63, 3.8) is 0 Å². The summed E-state index contributed by atoms with van der Waals surface area (Å²) < 4.78 is 32.5. The highest BCUT2D eigenvalue weighted by Gasteiger charge is 2.31. The van der Waals surface area contributed by atoms with E-state index in [0.29, 0.717) is 33.3 Å². The Balaban J connectivity index is 0.000000165. The fourth-order valence-electron chi connectivity index (χ4n) is 7.25. The molecule has 4 aromatic heterocycles. The SMILES string of the molecule is O=C(O)c1ccc(-c2cc(C(=O)c3c(Cl)cccc3C3CC3)n3ccccc23)c(F)c1.O=C(O)c1ccc(-c2cc(C(=O)c3c(F)cccc3Cl)n3ccccc23)cc1. The molecule has 0 bridgehead atoms. The second-order valence-electron chi connectivity index (χ2n) is 13.9. The Morgan fingerprint density at radius 1 is 0.542 bits per heavy atom. The molecule has 0 aliphatic heterocycles. The summed E-state index contributed by atoms with van der Waals surface area (Å²) in [5, 5.41) is 18.6. The number of carbonyl (C=O) groups is 4. The van der Waals surface area contributed by atoms with Crippen molar-refractivity contribution in [1.29, 1.82) is 0 Å². The standard InChI is InChI=1S/C25H17ClFNO3.C22H13ClFNO3/c26-19-5-3-4-16(14-7-8-14)23(19)24(29)22-13-18(21-6-1-2-11-28(21)22)17-10-9-15(25(30)31)12-20(17)27;23-16-4-3-5-17(24)20(16)21(26)19-12-15(18-6-1-2-11-25(18)19)13-7-9-14(10-8-13)22(27)28/h1-6,9-14H,7-8H2,(H,30,31);1-12H,(H,27,28). The van der Waals surface area contributed by atoms with Crippen LogP contribution in [0.15, 0.2) is 140 Å². The number of aromatic carboxylic acids is 2. The fourth-order valence-corrected chi connectivity index (χ4v) is 7.76. The summed E-state index contributed by atoms with van der Waals surface area (Å²) in [6, 6.07) is 33.9. The maximum absolute atomic E-state index is 14.8. The molecule has 2 N–H and O–H groups in total. The van der Waals surface area contributed by atoms with Crippen LogP contribution in [0, 0.1) is 11.6 Å². The van der Waals surface area contributed by atoms with Crippen molar-refractivity contribution in [2.24, 2.45) is 0 Å². The molecule has 0 radical (unpaired) electrons. The maximum atomic E-state index is 14.8. The molecule has 0 atom stereocenters. The highest BCUT2D eigenvalue weighted by Crippen LogP contribution is 2.44. The number of ketones is 2. The van der Waals surface area contributed by atoms with Crippen molar-refractivity contribution >= 4 is 57.7 Å². The third-order valence-electron chi connectivity index (χ3n) is 10.2. The van der Waals surface area contributed by atoms with E-state index >= 15 is 0 Å². The topological polar surface area (TPSA) is 118 Å². The number of rotatable bonds is 9. The molecular weight excluding hydrogens is 797 g/mol. The summed E-state index contributed by atoms with van der Waals surface area (Å²) in [6.07, 6.45) is 5.53. The Labute approximate surface area is 345 Å². The van der Waals surface area contributed by atoms with Crippen molar-refractivity contribution in [2.75, 3.05) is 0 Å². The highest BCUT2D eigenvalue weighted by atomic mass is 35.5. The lowest BCUT2D eigenvalue weighted by atomic mass is 9.97. The average Bonchev–Trinajstić information content (AvgIpc) is 3.91. The summed E-state index contributed by atoms with van der Waals surface area (Å²) in [5.74, 6) is -3.97. The first-order valence-corrected chi connectivity index (χ1v) is 19.1. The first-order chi connectivity index (χ1) is 28.4. The third kappa shape index (κ3) is 7.40. The van der Waals surface area contributed by atoms with Crippen LogP contribution in [0.25, 0.3) is 33.3 Å². The van der Waals surface area contributed by atoms with Gasteiger partial charge in [0.25, 0.3) is 0 Å². The minimum absolute atomic E-state index is 0.0447. The zero-order valence-corrected chi connectivity index (χ0v) is 32.2. The summed E-state index contributed by atoms with van der Waals surface area (Å²) >= 11 is 12.5. The molecule has 292 valence electrons. The zero-order valence-electron chi connectivity index (χ0n) is 30.7. The number of carbonyl (C=O) groups excluding carboxylic acids is 2. The van der Waals surface area contributed by atoms with Gasteiger partial charge in [-0.1, -0.05) is 71.7 Å². The molecule has 4 aromatic carbocycles. The second-order valence-corrected chi connectivity index (χ2v) is 14.7. The molecule has 1 fully saturated rings. The third-order valence-corrected chi connectivity index (χ3v) is 10.9. The molecular formula is C47H30Cl2F2N2O6. The van der Waals surface area contributed by atoms with Gasteiger partial charge < -0.3 is 19.0 Å². The van der Waals surface area contributed by atoms with E-state index in [2.05, 4.69) is 0 Å². The summed E-state index contributed by atoms with van der Waals surface area (Å²) in [7, 11) is 0. The Kier molecular flexibility index (Phi) is 10.4. The molecule has 0 saturated heterocycles. The minimum Gasteiger partial charge on any atom is -0.478 e. The van der Waals surface area contributed by atoms with E-state index in [1.807, 2.05) is 30.3 Å². The van der Waals surface area contributed by atoms with Gasteiger partial charge in [0.1, 0.15) is 11.6 Å². The molecule has 4 heterocycles. The Morgan fingerprint density at radius 2 is 1.08 bits per heavy atom. The summed E-state index contributed by atoms with van der Waals surface area (Å²) in [6.45, 7) is 0. The molecule has 1 saturated carbocycles. The molecule has 0 unspecified atom stereocenters. The van der Waals surface area contributed by atoms with Gasteiger partial charge in [0.15, 0.2) is 0 Å². The number of pyridine rings is 2. The lowest BCUT2D eigenvalue weighted by molar-refractivity contribution is 0.0686.